The molecule has 1 aromatic carbocycles. The Hall–Kier alpha value is -2.47. The first-order chi connectivity index (χ1) is 10.6. The second-order valence-corrected chi connectivity index (χ2v) is 4.82. The molecule has 2 aromatic rings. The highest BCUT2D eigenvalue weighted by Crippen LogP contribution is 2.18. The Bertz CT molecular complexity index is 659. The van der Waals surface area contributed by atoms with Crippen LogP contribution in [0, 0.1) is 5.82 Å². The number of carbonyl (C=O) groups excluding carboxylic acids is 2. The van der Waals surface area contributed by atoms with Crippen LogP contribution in [0.1, 0.15) is 15.9 Å². The van der Waals surface area contributed by atoms with Crippen LogP contribution < -0.4 is 10.6 Å². The molecule has 0 saturated carbocycles. The van der Waals surface area contributed by atoms with Crippen molar-refractivity contribution in [2.24, 2.45) is 0 Å². The lowest BCUT2D eigenvalue weighted by molar-refractivity contribution is -0.120. The Balaban J connectivity index is 1.85. The van der Waals surface area contributed by atoms with Gasteiger partial charge < -0.3 is 10.6 Å². The number of nitrogens with one attached hydrogen (secondary N) is 2. The van der Waals surface area contributed by atoms with E-state index < -0.39 is 17.6 Å². The molecule has 0 saturated heterocycles. The van der Waals surface area contributed by atoms with Crippen molar-refractivity contribution in [1.29, 1.82) is 0 Å². The van der Waals surface area contributed by atoms with Gasteiger partial charge in [0.2, 0.25) is 5.91 Å². The summed E-state index contributed by atoms with van der Waals surface area (Å²) in [6, 6.07) is 7.46. The quantitative estimate of drug-likeness (QED) is 0.884. The van der Waals surface area contributed by atoms with E-state index in [9.17, 15) is 14.0 Å². The molecule has 0 aliphatic rings. The van der Waals surface area contributed by atoms with Gasteiger partial charge in [-0.2, -0.15) is 0 Å². The summed E-state index contributed by atoms with van der Waals surface area (Å²) in [5.41, 5.74) is 0.609. The van der Waals surface area contributed by atoms with Crippen LogP contribution in [0.5, 0.6) is 0 Å². The van der Waals surface area contributed by atoms with E-state index >= 15 is 0 Å². The summed E-state index contributed by atoms with van der Waals surface area (Å²) in [5.74, 6) is -1.86. The lowest BCUT2D eigenvalue weighted by Crippen LogP contribution is -2.37. The number of pyridine rings is 1. The van der Waals surface area contributed by atoms with Crippen molar-refractivity contribution in [2.45, 2.75) is 6.54 Å². The van der Waals surface area contributed by atoms with Crippen molar-refractivity contribution in [2.75, 3.05) is 6.54 Å². The predicted octanol–water partition coefficient (Wildman–Crippen LogP) is 1.92. The first-order valence-corrected chi connectivity index (χ1v) is 6.83. The van der Waals surface area contributed by atoms with Crippen molar-refractivity contribution in [3.05, 3.63) is 64.7 Å². The summed E-state index contributed by atoms with van der Waals surface area (Å²) in [6.07, 6.45) is 3.23. The Morgan fingerprint density at radius 2 is 1.86 bits per heavy atom. The largest absolute Gasteiger partial charge is 0.350 e. The van der Waals surface area contributed by atoms with Gasteiger partial charge in [-0.15, -0.1) is 0 Å². The van der Waals surface area contributed by atoms with Crippen LogP contribution in [0.15, 0.2) is 42.7 Å². The van der Waals surface area contributed by atoms with Crippen molar-refractivity contribution in [1.82, 2.24) is 15.6 Å². The van der Waals surface area contributed by atoms with Crippen LogP contribution >= 0.6 is 11.6 Å². The van der Waals surface area contributed by atoms with Gasteiger partial charge in [0.1, 0.15) is 5.82 Å². The third-order valence-corrected chi connectivity index (χ3v) is 3.15. The molecule has 5 nitrogen and oxygen atoms in total. The minimum absolute atomic E-state index is 0.00491. The highest BCUT2D eigenvalue weighted by molar-refractivity contribution is 6.33. The second kappa shape index (κ2) is 7.51. The highest BCUT2D eigenvalue weighted by Gasteiger charge is 2.16. The molecule has 0 radical (unpaired) electrons. The molecule has 0 atom stereocenters. The van der Waals surface area contributed by atoms with Crippen LogP contribution in [0.4, 0.5) is 4.39 Å². The van der Waals surface area contributed by atoms with Crippen molar-refractivity contribution in [3.63, 3.8) is 0 Å². The van der Waals surface area contributed by atoms with Crippen LogP contribution in [-0.2, 0) is 11.3 Å². The molecule has 0 aliphatic carbocycles. The van der Waals surface area contributed by atoms with Gasteiger partial charge in [-0.25, -0.2) is 4.39 Å². The van der Waals surface area contributed by atoms with Gasteiger partial charge in [0.15, 0.2) is 0 Å². The van der Waals surface area contributed by atoms with Gasteiger partial charge in [-0.1, -0.05) is 17.7 Å². The molecule has 1 aromatic heterocycles. The van der Waals surface area contributed by atoms with Gasteiger partial charge in [-0.3, -0.25) is 14.6 Å². The maximum atomic E-state index is 13.5. The monoisotopic (exact) mass is 321 g/mol. The molecular weight excluding hydrogens is 309 g/mol. The average Bonchev–Trinajstić information content (AvgIpc) is 2.52. The Morgan fingerprint density at radius 1 is 1.14 bits per heavy atom. The summed E-state index contributed by atoms with van der Waals surface area (Å²) in [5, 5.41) is 4.95. The zero-order valence-electron chi connectivity index (χ0n) is 11.5. The maximum absolute atomic E-state index is 13.5. The highest BCUT2D eigenvalue weighted by atomic mass is 35.5. The van der Waals surface area contributed by atoms with E-state index in [-0.39, 0.29) is 17.1 Å². The van der Waals surface area contributed by atoms with Crippen molar-refractivity contribution in [3.8, 4) is 0 Å². The third kappa shape index (κ3) is 4.26. The molecule has 2 amide bonds. The van der Waals surface area contributed by atoms with Gasteiger partial charge in [0.05, 0.1) is 17.1 Å². The molecule has 0 fully saturated rings. The number of benzene rings is 1. The van der Waals surface area contributed by atoms with Crippen LogP contribution in [0.2, 0.25) is 5.02 Å². The van der Waals surface area contributed by atoms with Gasteiger partial charge >= 0.3 is 0 Å². The fourth-order valence-corrected chi connectivity index (χ4v) is 1.98. The van der Waals surface area contributed by atoms with Gasteiger partial charge in [-0.05, 0) is 29.8 Å². The number of hydrogen-bond donors (Lipinski definition) is 2. The minimum Gasteiger partial charge on any atom is -0.350 e. The van der Waals surface area contributed by atoms with Crippen LogP contribution in [0.25, 0.3) is 0 Å². The van der Waals surface area contributed by atoms with Crippen LogP contribution in [-0.4, -0.2) is 23.3 Å². The lowest BCUT2D eigenvalue weighted by atomic mass is 10.2. The van der Waals surface area contributed by atoms with E-state index in [0.29, 0.717) is 6.54 Å². The van der Waals surface area contributed by atoms with E-state index in [1.165, 1.54) is 12.1 Å². The van der Waals surface area contributed by atoms with E-state index in [0.717, 1.165) is 11.6 Å². The molecule has 2 rings (SSSR count). The molecule has 0 spiro atoms. The van der Waals surface area contributed by atoms with Crippen molar-refractivity contribution >= 4 is 23.4 Å². The van der Waals surface area contributed by atoms with E-state index in [2.05, 4.69) is 15.6 Å². The normalized spacial score (nSPS) is 10.1. The molecule has 0 unspecified atom stereocenters. The first kappa shape index (κ1) is 15.9. The third-order valence-electron chi connectivity index (χ3n) is 2.84. The van der Waals surface area contributed by atoms with E-state index in [4.69, 9.17) is 11.6 Å². The zero-order valence-corrected chi connectivity index (χ0v) is 12.2. The summed E-state index contributed by atoms with van der Waals surface area (Å²) < 4.78 is 13.5. The van der Waals surface area contributed by atoms with Crippen LogP contribution in [0.3, 0.4) is 0 Å². The second-order valence-electron chi connectivity index (χ2n) is 4.41. The number of amides is 2. The summed E-state index contributed by atoms with van der Waals surface area (Å²) in [6.45, 7) is 0.0479. The standard InChI is InChI=1S/C15H13ClFN3O2/c16-11-2-1-3-12(17)14(11)15(22)20-9-13(21)19-8-10-4-6-18-7-5-10/h1-7H,8-9H2,(H,19,21)(H,20,22). The molecule has 114 valence electrons. The first-order valence-electron chi connectivity index (χ1n) is 6.45. The molecule has 7 heteroatoms. The SMILES string of the molecule is O=C(CNC(=O)c1c(F)cccc1Cl)NCc1ccncc1. The molecule has 2 N–H and O–H groups in total. The Labute approximate surface area is 131 Å². The maximum Gasteiger partial charge on any atom is 0.256 e. The van der Waals surface area contributed by atoms with Gasteiger partial charge in [0.25, 0.3) is 5.91 Å². The summed E-state index contributed by atoms with van der Waals surface area (Å²) >= 11 is 5.77. The fourth-order valence-electron chi connectivity index (χ4n) is 1.73. The molecule has 0 aliphatic heterocycles. The summed E-state index contributed by atoms with van der Waals surface area (Å²) in [7, 11) is 0. The van der Waals surface area contributed by atoms with E-state index in [1.807, 2.05) is 0 Å². The number of aromatic nitrogens is 1. The summed E-state index contributed by atoms with van der Waals surface area (Å²) in [4.78, 5) is 27.4. The number of rotatable bonds is 5. The minimum atomic E-state index is -0.734. The number of halogens is 2. The molecular formula is C15H13ClFN3O2. The number of hydrogen-bond acceptors (Lipinski definition) is 3. The Kier molecular flexibility index (Phi) is 5.43. The lowest BCUT2D eigenvalue weighted by Gasteiger charge is -2.08. The zero-order chi connectivity index (χ0) is 15.9. The fraction of sp³-hybridized carbons (Fsp3) is 0.133. The topological polar surface area (TPSA) is 71.1 Å². The van der Waals surface area contributed by atoms with Gasteiger partial charge in [0, 0.05) is 18.9 Å². The van der Waals surface area contributed by atoms with E-state index in [1.54, 1.807) is 24.5 Å². The number of nitrogens with zero attached hydrogens (tertiary/aromatic N) is 1. The average molecular weight is 322 g/mol. The Morgan fingerprint density at radius 3 is 2.55 bits per heavy atom. The predicted molar refractivity (Wildman–Crippen MR) is 79.8 cm³/mol. The van der Waals surface area contributed by atoms with Crippen molar-refractivity contribution < 1.29 is 14.0 Å². The molecule has 22 heavy (non-hydrogen) atoms. The number of carbonyl (C=O) groups is 2. The molecule has 0 bridgehead atoms. The molecule has 1 heterocycles. The smallest absolute Gasteiger partial charge is 0.256 e.